The molecule has 1 aliphatic rings. The molecule has 6 nitrogen and oxygen atoms in total. The Morgan fingerprint density at radius 2 is 2.24 bits per heavy atom. The summed E-state index contributed by atoms with van der Waals surface area (Å²) in [5.41, 5.74) is 1.75. The van der Waals surface area contributed by atoms with E-state index in [-0.39, 0.29) is 5.75 Å². The zero-order valence-electron chi connectivity index (χ0n) is 11.6. The number of sulfonamides is 1. The molecule has 1 fully saturated rings. The third-order valence-electron chi connectivity index (χ3n) is 3.27. The number of hydrogen-bond acceptors (Lipinski definition) is 6. The molecule has 1 saturated heterocycles. The van der Waals surface area contributed by atoms with Crippen molar-refractivity contribution in [3.8, 4) is 0 Å². The van der Waals surface area contributed by atoms with Crippen LogP contribution in [0.25, 0.3) is 0 Å². The van der Waals surface area contributed by atoms with Gasteiger partial charge in [-0.3, -0.25) is 4.31 Å². The van der Waals surface area contributed by atoms with Crippen LogP contribution in [0.2, 0.25) is 0 Å². The lowest BCUT2D eigenvalue weighted by Gasteiger charge is -2.17. The van der Waals surface area contributed by atoms with Crippen LogP contribution >= 0.6 is 11.3 Å². The molecule has 3 rings (SSSR count). The van der Waals surface area contributed by atoms with Crippen molar-refractivity contribution in [1.29, 1.82) is 0 Å². The number of benzene rings is 1. The van der Waals surface area contributed by atoms with Gasteiger partial charge >= 0.3 is 0 Å². The SMILES string of the molecule is Cc1nnc(NCc2cccc(N3CCCS3(=O)=O)c2)s1. The van der Waals surface area contributed by atoms with E-state index < -0.39 is 10.0 Å². The quantitative estimate of drug-likeness (QED) is 0.931. The third kappa shape index (κ3) is 3.16. The second-order valence-corrected chi connectivity index (χ2v) is 8.09. The van der Waals surface area contributed by atoms with E-state index in [1.807, 2.05) is 31.2 Å². The molecule has 2 heterocycles. The number of rotatable bonds is 4. The molecule has 0 saturated carbocycles. The minimum Gasteiger partial charge on any atom is -0.356 e. The van der Waals surface area contributed by atoms with Gasteiger partial charge in [-0.1, -0.05) is 23.5 Å². The van der Waals surface area contributed by atoms with Crippen molar-refractivity contribution in [1.82, 2.24) is 10.2 Å². The summed E-state index contributed by atoms with van der Waals surface area (Å²) in [5.74, 6) is 0.236. The van der Waals surface area contributed by atoms with Crippen molar-refractivity contribution in [2.45, 2.75) is 19.9 Å². The van der Waals surface area contributed by atoms with Crippen LogP contribution in [0.15, 0.2) is 24.3 Å². The second kappa shape index (κ2) is 5.61. The summed E-state index contributed by atoms with van der Waals surface area (Å²) in [6.07, 6.45) is 0.689. The second-order valence-electron chi connectivity index (χ2n) is 4.89. The first-order chi connectivity index (χ1) is 10.0. The molecule has 8 heteroatoms. The molecule has 0 amide bonds. The van der Waals surface area contributed by atoms with Crippen LogP contribution in [0.3, 0.4) is 0 Å². The Balaban J connectivity index is 1.74. The Labute approximate surface area is 127 Å². The van der Waals surface area contributed by atoms with Crippen molar-refractivity contribution in [2.75, 3.05) is 21.9 Å². The first-order valence-electron chi connectivity index (χ1n) is 6.68. The summed E-state index contributed by atoms with van der Waals surface area (Å²) < 4.78 is 25.4. The zero-order chi connectivity index (χ0) is 14.9. The monoisotopic (exact) mass is 324 g/mol. The first kappa shape index (κ1) is 14.3. The van der Waals surface area contributed by atoms with Crippen LogP contribution in [-0.2, 0) is 16.6 Å². The maximum Gasteiger partial charge on any atom is 0.235 e. The summed E-state index contributed by atoms with van der Waals surface area (Å²) in [5, 5.41) is 12.8. The van der Waals surface area contributed by atoms with Gasteiger partial charge in [-0.2, -0.15) is 0 Å². The van der Waals surface area contributed by atoms with Crippen molar-refractivity contribution in [3.63, 3.8) is 0 Å². The van der Waals surface area contributed by atoms with Crippen molar-refractivity contribution < 1.29 is 8.42 Å². The molecule has 0 radical (unpaired) electrons. The lowest BCUT2D eigenvalue weighted by Crippen LogP contribution is -2.25. The highest BCUT2D eigenvalue weighted by Gasteiger charge is 2.28. The van der Waals surface area contributed by atoms with Crippen LogP contribution in [-0.4, -0.2) is 30.9 Å². The number of aryl methyl sites for hydroxylation is 1. The molecule has 1 aromatic carbocycles. The van der Waals surface area contributed by atoms with Gasteiger partial charge in [0.25, 0.3) is 0 Å². The van der Waals surface area contributed by atoms with Gasteiger partial charge in [-0.05, 0) is 31.0 Å². The van der Waals surface area contributed by atoms with E-state index in [0.29, 0.717) is 19.5 Å². The molecule has 0 unspecified atom stereocenters. The molecule has 112 valence electrons. The standard InChI is InChI=1S/C13H16N4O2S2/c1-10-15-16-13(20-10)14-9-11-4-2-5-12(8-11)17-6-3-7-21(17,18)19/h2,4-5,8H,3,6-7,9H2,1H3,(H,14,16). The maximum absolute atomic E-state index is 11.9. The van der Waals surface area contributed by atoms with Gasteiger partial charge in [0.15, 0.2) is 0 Å². The minimum atomic E-state index is -3.13. The minimum absolute atomic E-state index is 0.236. The van der Waals surface area contributed by atoms with Crippen molar-refractivity contribution in [2.24, 2.45) is 0 Å². The molecule has 0 bridgehead atoms. The van der Waals surface area contributed by atoms with Crippen LogP contribution < -0.4 is 9.62 Å². The van der Waals surface area contributed by atoms with E-state index in [9.17, 15) is 8.42 Å². The van der Waals surface area contributed by atoms with E-state index in [1.54, 1.807) is 0 Å². The molecule has 1 aliphatic heterocycles. The van der Waals surface area contributed by atoms with Gasteiger partial charge in [-0.25, -0.2) is 8.42 Å². The smallest absolute Gasteiger partial charge is 0.235 e. The van der Waals surface area contributed by atoms with Gasteiger partial charge in [-0.15, -0.1) is 10.2 Å². The number of anilines is 2. The highest BCUT2D eigenvalue weighted by atomic mass is 32.2. The Bertz CT molecular complexity index is 742. The summed E-state index contributed by atoms with van der Waals surface area (Å²) in [4.78, 5) is 0. The lowest BCUT2D eigenvalue weighted by atomic mass is 10.2. The Hall–Kier alpha value is -1.67. The first-order valence-corrected chi connectivity index (χ1v) is 9.10. The molecule has 1 N–H and O–H groups in total. The topological polar surface area (TPSA) is 75.2 Å². The molecule has 0 aliphatic carbocycles. The van der Waals surface area contributed by atoms with Crippen LogP contribution in [0, 0.1) is 6.92 Å². The molecule has 1 aromatic heterocycles. The molecule has 0 atom stereocenters. The van der Waals surface area contributed by atoms with E-state index in [4.69, 9.17) is 0 Å². The predicted octanol–water partition coefficient (Wildman–Crippen LogP) is 2.00. The molecule has 2 aromatic rings. The van der Waals surface area contributed by atoms with E-state index in [1.165, 1.54) is 15.6 Å². The van der Waals surface area contributed by atoms with Gasteiger partial charge in [0.2, 0.25) is 15.2 Å². The average molecular weight is 324 g/mol. The van der Waals surface area contributed by atoms with Gasteiger partial charge < -0.3 is 5.32 Å². The third-order valence-corrected chi connectivity index (χ3v) is 5.93. The van der Waals surface area contributed by atoms with E-state index in [0.717, 1.165) is 21.4 Å². The fourth-order valence-electron chi connectivity index (χ4n) is 2.30. The Kier molecular flexibility index (Phi) is 3.81. The fraction of sp³-hybridized carbons (Fsp3) is 0.385. The number of aromatic nitrogens is 2. The summed E-state index contributed by atoms with van der Waals surface area (Å²) >= 11 is 1.50. The maximum atomic E-state index is 11.9. The summed E-state index contributed by atoms with van der Waals surface area (Å²) in [6, 6.07) is 7.59. The summed E-state index contributed by atoms with van der Waals surface area (Å²) in [7, 11) is -3.13. The summed E-state index contributed by atoms with van der Waals surface area (Å²) in [6.45, 7) is 3.06. The van der Waals surface area contributed by atoms with Crippen molar-refractivity contribution >= 4 is 32.2 Å². The van der Waals surface area contributed by atoms with Crippen LogP contribution in [0.4, 0.5) is 10.8 Å². The Morgan fingerprint density at radius 3 is 2.90 bits per heavy atom. The van der Waals surface area contributed by atoms with Gasteiger partial charge in [0.05, 0.1) is 11.4 Å². The highest BCUT2D eigenvalue weighted by molar-refractivity contribution is 7.93. The molecular formula is C13H16N4O2S2. The predicted molar refractivity (Wildman–Crippen MR) is 84.2 cm³/mol. The van der Waals surface area contributed by atoms with Gasteiger partial charge in [0.1, 0.15) is 5.01 Å². The zero-order valence-corrected chi connectivity index (χ0v) is 13.2. The lowest BCUT2D eigenvalue weighted by molar-refractivity contribution is 0.599. The normalized spacial score (nSPS) is 17.1. The highest BCUT2D eigenvalue weighted by Crippen LogP contribution is 2.25. The van der Waals surface area contributed by atoms with Crippen LogP contribution in [0.5, 0.6) is 0 Å². The number of nitrogens with one attached hydrogen (secondary N) is 1. The average Bonchev–Trinajstić information content (AvgIpc) is 3.02. The van der Waals surface area contributed by atoms with E-state index in [2.05, 4.69) is 15.5 Å². The largest absolute Gasteiger partial charge is 0.356 e. The number of hydrogen-bond donors (Lipinski definition) is 1. The van der Waals surface area contributed by atoms with Crippen molar-refractivity contribution in [3.05, 3.63) is 34.8 Å². The van der Waals surface area contributed by atoms with Crippen LogP contribution in [0.1, 0.15) is 17.0 Å². The molecular weight excluding hydrogens is 308 g/mol. The van der Waals surface area contributed by atoms with E-state index >= 15 is 0 Å². The fourth-order valence-corrected chi connectivity index (χ4v) is 4.44. The number of nitrogens with zero attached hydrogens (tertiary/aromatic N) is 3. The molecule has 0 spiro atoms. The van der Waals surface area contributed by atoms with Gasteiger partial charge in [0, 0.05) is 13.1 Å². The molecule has 21 heavy (non-hydrogen) atoms. The Morgan fingerprint density at radius 1 is 1.38 bits per heavy atom.